The van der Waals surface area contributed by atoms with Gasteiger partial charge in [0.15, 0.2) is 0 Å². The molecule has 1 aromatic carbocycles. The molecule has 0 spiro atoms. The summed E-state index contributed by atoms with van der Waals surface area (Å²) in [6, 6.07) is 7.87. The van der Waals surface area contributed by atoms with Crippen LogP contribution in [0.1, 0.15) is 9.67 Å². The molecule has 0 atom stereocenters. The topological polar surface area (TPSA) is 55.4 Å². The molecule has 1 amide bonds. The maximum absolute atomic E-state index is 13.4. The van der Waals surface area contributed by atoms with Crippen molar-refractivity contribution in [1.82, 2.24) is 0 Å². The first kappa shape index (κ1) is 15.5. The molecule has 110 valence electrons. The van der Waals surface area contributed by atoms with Crippen LogP contribution in [-0.4, -0.2) is 24.7 Å². The van der Waals surface area contributed by atoms with Gasteiger partial charge in [0.25, 0.3) is 0 Å². The second kappa shape index (κ2) is 7.24. The molecule has 0 aliphatic rings. The molecule has 0 fully saturated rings. The van der Waals surface area contributed by atoms with E-state index in [-0.39, 0.29) is 17.5 Å². The molecule has 0 aliphatic carbocycles. The second-order valence-corrected chi connectivity index (χ2v) is 5.86. The number of hydrogen-bond donors (Lipinski definition) is 1. The molecule has 2 aromatic rings. The number of benzene rings is 1. The van der Waals surface area contributed by atoms with Gasteiger partial charge in [-0.3, -0.25) is 4.79 Å². The van der Waals surface area contributed by atoms with Gasteiger partial charge in [-0.2, -0.15) is 0 Å². The monoisotopic (exact) mass is 325 g/mol. The molecule has 1 N–H and O–H groups in total. The summed E-state index contributed by atoms with van der Waals surface area (Å²) in [6.45, 7) is 0. The summed E-state index contributed by atoms with van der Waals surface area (Å²) in [4.78, 5) is 24.1. The van der Waals surface area contributed by atoms with Gasteiger partial charge < -0.3 is 10.1 Å². The van der Waals surface area contributed by atoms with Crippen molar-refractivity contribution >= 4 is 40.7 Å². The summed E-state index contributed by atoms with van der Waals surface area (Å²) in [7, 11) is 1.28. The van der Waals surface area contributed by atoms with Gasteiger partial charge >= 0.3 is 5.97 Å². The first-order valence-corrected chi connectivity index (χ1v) is 7.81. The van der Waals surface area contributed by atoms with E-state index in [9.17, 15) is 14.0 Å². The lowest BCUT2D eigenvalue weighted by Gasteiger charge is -2.06. The number of amides is 1. The van der Waals surface area contributed by atoms with Crippen molar-refractivity contribution in [3.8, 4) is 0 Å². The Bertz CT molecular complexity index is 657. The molecule has 0 unspecified atom stereocenters. The standard InChI is InChI=1S/C14H12FNO3S2/c1-19-14(18)13-10(6-7-20-13)16-12(17)8-21-11-5-3-2-4-9(11)15/h2-7H,8H2,1H3,(H,16,17). The lowest BCUT2D eigenvalue weighted by Crippen LogP contribution is -2.15. The molecule has 0 aliphatic heterocycles. The van der Waals surface area contributed by atoms with Crippen LogP contribution < -0.4 is 5.32 Å². The summed E-state index contributed by atoms with van der Waals surface area (Å²) in [5.74, 6) is -1.12. The van der Waals surface area contributed by atoms with E-state index in [4.69, 9.17) is 0 Å². The zero-order chi connectivity index (χ0) is 15.2. The maximum Gasteiger partial charge on any atom is 0.350 e. The number of anilines is 1. The van der Waals surface area contributed by atoms with Gasteiger partial charge in [-0.15, -0.1) is 23.1 Å². The molecule has 21 heavy (non-hydrogen) atoms. The number of carbonyl (C=O) groups is 2. The number of hydrogen-bond acceptors (Lipinski definition) is 5. The van der Waals surface area contributed by atoms with Crippen LogP contribution in [0.25, 0.3) is 0 Å². The Morgan fingerprint density at radius 2 is 2.10 bits per heavy atom. The van der Waals surface area contributed by atoms with Crippen LogP contribution in [0.5, 0.6) is 0 Å². The van der Waals surface area contributed by atoms with E-state index in [0.29, 0.717) is 15.5 Å². The van der Waals surface area contributed by atoms with Gasteiger partial charge in [0.05, 0.1) is 18.6 Å². The lowest BCUT2D eigenvalue weighted by molar-refractivity contribution is -0.113. The highest BCUT2D eigenvalue weighted by molar-refractivity contribution is 8.00. The Labute approximate surface area is 129 Å². The third-order valence-electron chi connectivity index (χ3n) is 2.51. The van der Waals surface area contributed by atoms with E-state index in [0.717, 1.165) is 11.8 Å². The normalized spacial score (nSPS) is 10.2. The molecule has 0 saturated carbocycles. The molecule has 0 saturated heterocycles. The zero-order valence-corrected chi connectivity index (χ0v) is 12.7. The summed E-state index contributed by atoms with van der Waals surface area (Å²) >= 11 is 2.28. The van der Waals surface area contributed by atoms with Crippen molar-refractivity contribution in [3.63, 3.8) is 0 Å². The van der Waals surface area contributed by atoms with Crippen LogP contribution >= 0.6 is 23.1 Å². The molecule has 0 bridgehead atoms. The third-order valence-corrected chi connectivity index (χ3v) is 4.45. The molecule has 0 radical (unpaired) electrons. The van der Waals surface area contributed by atoms with Crippen molar-refractivity contribution in [2.45, 2.75) is 4.90 Å². The van der Waals surface area contributed by atoms with Gasteiger partial charge in [-0.1, -0.05) is 12.1 Å². The van der Waals surface area contributed by atoms with E-state index in [1.165, 1.54) is 24.5 Å². The number of esters is 1. The summed E-state index contributed by atoms with van der Waals surface area (Å²) < 4.78 is 18.0. The van der Waals surface area contributed by atoms with Gasteiger partial charge in [-0.25, -0.2) is 9.18 Å². The fourth-order valence-corrected chi connectivity index (χ4v) is 3.06. The largest absolute Gasteiger partial charge is 0.465 e. The fraction of sp³-hybridized carbons (Fsp3) is 0.143. The van der Waals surface area contributed by atoms with Gasteiger partial charge in [0.2, 0.25) is 5.91 Å². The van der Waals surface area contributed by atoms with E-state index >= 15 is 0 Å². The fourth-order valence-electron chi connectivity index (χ4n) is 1.55. The Kier molecular flexibility index (Phi) is 5.35. The average molecular weight is 325 g/mol. The minimum atomic E-state index is -0.498. The Balaban J connectivity index is 1.95. The molecular formula is C14H12FNO3S2. The van der Waals surface area contributed by atoms with Crippen LogP contribution in [-0.2, 0) is 9.53 Å². The zero-order valence-electron chi connectivity index (χ0n) is 11.1. The van der Waals surface area contributed by atoms with Crippen molar-refractivity contribution in [3.05, 3.63) is 46.4 Å². The van der Waals surface area contributed by atoms with E-state index < -0.39 is 5.97 Å². The Morgan fingerprint density at radius 1 is 1.33 bits per heavy atom. The smallest absolute Gasteiger partial charge is 0.350 e. The van der Waals surface area contributed by atoms with E-state index in [2.05, 4.69) is 10.1 Å². The summed E-state index contributed by atoms with van der Waals surface area (Å²) in [5.41, 5.74) is 0.408. The van der Waals surface area contributed by atoms with Crippen molar-refractivity contribution in [2.75, 3.05) is 18.2 Å². The number of halogens is 1. The number of methoxy groups -OCH3 is 1. The van der Waals surface area contributed by atoms with Crippen molar-refractivity contribution < 1.29 is 18.7 Å². The predicted octanol–water partition coefficient (Wildman–Crippen LogP) is 3.40. The molecule has 4 nitrogen and oxygen atoms in total. The molecular weight excluding hydrogens is 313 g/mol. The number of thioether (sulfide) groups is 1. The van der Waals surface area contributed by atoms with Gasteiger partial charge in [0, 0.05) is 4.90 Å². The van der Waals surface area contributed by atoms with Crippen LogP contribution in [0.15, 0.2) is 40.6 Å². The number of thiophene rings is 1. The number of rotatable bonds is 5. The molecule has 7 heteroatoms. The summed E-state index contributed by atoms with van der Waals surface area (Å²) in [6.07, 6.45) is 0. The van der Waals surface area contributed by atoms with Crippen LogP contribution in [0, 0.1) is 5.82 Å². The molecule has 1 heterocycles. The summed E-state index contributed by atoms with van der Waals surface area (Å²) in [5, 5.41) is 4.31. The lowest BCUT2D eigenvalue weighted by atomic mass is 10.3. The first-order chi connectivity index (χ1) is 10.1. The molecule has 1 aromatic heterocycles. The minimum absolute atomic E-state index is 0.0530. The van der Waals surface area contributed by atoms with Crippen LogP contribution in [0.4, 0.5) is 10.1 Å². The van der Waals surface area contributed by atoms with Crippen molar-refractivity contribution in [2.24, 2.45) is 0 Å². The van der Waals surface area contributed by atoms with E-state index in [1.54, 1.807) is 29.6 Å². The first-order valence-electron chi connectivity index (χ1n) is 5.95. The second-order valence-electron chi connectivity index (χ2n) is 3.92. The quantitative estimate of drug-likeness (QED) is 0.676. The minimum Gasteiger partial charge on any atom is -0.465 e. The van der Waals surface area contributed by atoms with E-state index in [1.807, 2.05) is 0 Å². The number of nitrogens with one attached hydrogen (secondary N) is 1. The molecule has 2 rings (SSSR count). The number of ether oxygens (including phenoxy) is 1. The Hall–Kier alpha value is -1.86. The van der Waals surface area contributed by atoms with Crippen LogP contribution in [0.2, 0.25) is 0 Å². The number of carbonyl (C=O) groups excluding carboxylic acids is 2. The highest BCUT2D eigenvalue weighted by atomic mass is 32.2. The average Bonchev–Trinajstić information content (AvgIpc) is 2.93. The third kappa shape index (κ3) is 4.05. The highest BCUT2D eigenvalue weighted by Crippen LogP contribution is 2.25. The Morgan fingerprint density at radius 3 is 2.81 bits per heavy atom. The highest BCUT2D eigenvalue weighted by Gasteiger charge is 2.15. The van der Waals surface area contributed by atoms with Crippen molar-refractivity contribution in [1.29, 1.82) is 0 Å². The van der Waals surface area contributed by atoms with Gasteiger partial charge in [0.1, 0.15) is 10.7 Å². The van der Waals surface area contributed by atoms with Gasteiger partial charge in [-0.05, 0) is 23.6 Å². The van der Waals surface area contributed by atoms with Crippen LogP contribution in [0.3, 0.4) is 0 Å². The maximum atomic E-state index is 13.4. The predicted molar refractivity (Wildman–Crippen MR) is 81.4 cm³/mol. The SMILES string of the molecule is COC(=O)c1sccc1NC(=O)CSc1ccccc1F.